The third-order valence-electron chi connectivity index (χ3n) is 5.92. The maximum atomic E-state index is 13.5. The molecule has 0 radical (unpaired) electrons. The first-order chi connectivity index (χ1) is 15.7. The van der Waals surface area contributed by atoms with Crippen molar-refractivity contribution in [1.82, 2.24) is 13.9 Å². The van der Waals surface area contributed by atoms with Crippen molar-refractivity contribution in [3.8, 4) is 17.1 Å². The van der Waals surface area contributed by atoms with E-state index < -0.39 is 0 Å². The molecule has 7 heteroatoms. The number of hydrogen-bond donors (Lipinski definition) is 0. The van der Waals surface area contributed by atoms with Gasteiger partial charge in [-0.05, 0) is 63.6 Å². The molecule has 33 heavy (non-hydrogen) atoms. The normalized spacial score (nSPS) is 11.1. The highest BCUT2D eigenvalue weighted by Gasteiger charge is 2.24. The highest BCUT2D eigenvalue weighted by molar-refractivity contribution is 6.32. The van der Waals surface area contributed by atoms with Crippen LogP contribution in [-0.2, 0) is 7.05 Å². The van der Waals surface area contributed by atoms with Crippen LogP contribution in [0.3, 0.4) is 0 Å². The van der Waals surface area contributed by atoms with Gasteiger partial charge in [-0.3, -0.25) is 14.3 Å². The average Bonchev–Trinajstić information content (AvgIpc) is 3.20. The van der Waals surface area contributed by atoms with Gasteiger partial charge in [-0.25, -0.2) is 4.68 Å². The third-order valence-corrected chi connectivity index (χ3v) is 6.24. The smallest absolute Gasteiger partial charge is 0.295 e. The Labute approximate surface area is 197 Å². The number of rotatable bonds is 6. The fourth-order valence-corrected chi connectivity index (χ4v) is 4.32. The van der Waals surface area contributed by atoms with Crippen molar-refractivity contribution in [2.75, 3.05) is 6.61 Å². The standard InChI is InChI=1S/C26H26ClN3O3/c1-16-11-12-22(27)24(13-16)33-15-23(31)21-14-17(2)29(18(21)3)25-19(4)28(5)30(26(25)32)20-9-7-6-8-10-20/h6-14H,15H2,1-5H3. The molecule has 0 saturated heterocycles. The topological polar surface area (TPSA) is 58.2 Å². The van der Waals surface area contributed by atoms with E-state index in [9.17, 15) is 9.59 Å². The largest absolute Gasteiger partial charge is 0.484 e. The van der Waals surface area contributed by atoms with E-state index >= 15 is 0 Å². The maximum absolute atomic E-state index is 13.5. The van der Waals surface area contributed by atoms with Crippen molar-refractivity contribution in [2.45, 2.75) is 27.7 Å². The summed E-state index contributed by atoms with van der Waals surface area (Å²) in [5, 5.41) is 0.459. The predicted molar refractivity (Wildman–Crippen MR) is 131 cm³/mol. The second-order valence-corrected chi connectivity index (χ2v) is 8.58. The van der Waals surface area contributed by atoms with E-state index in [1.807, 2.05) is 80.4 Å². The summed E-state index contributed by atoms with van der Waals surface area (Å²) in [6.45, 7) is 7.43. The number of aromatic nitrogens is 3. The number of ether oxygens (including phenoxy) is 1. The number of carbonyl (C=O) groups is 1. The number of benzene rings is 2. The van der Waals surface area contributed by atoms with Crippen molar-refractivity contribution >= 4 is 17.4 Å². The molecule has 170 valence electrons. The molecule has 0 N–H and O–H groups in total. The number of halogens is 1. The molecule has 2 aromatic heterocycles. The Morgan fingerprint density at radius 2 is 1.67 bits per heavy atom. The molecule has 0 aliphatic heterocycles. The first-order valence-electron chi connectivity index (χ1n) is 10.7. The molecule has 0 atom stereocenters. The molecule has 0 amide bonds. The van der Waals surface area contributed by atoms with Crippen LogP contribution in [-0.4, -0.2) is 26.3 Å². The minimum atomic E-state index is -0.177. The molecule has 4 aromatic rings. The molecule has 4 rings (SSSR count). The maximum Gasteiger partial charge on any atom is 0.295 e. The number of carbonyl (C=O) groups excluding carboxylic acids is 1. The lowest BCUT2D eigenvalue weighted by Crippen LogP contribution is -2.22. The second-order valence-electron chi connectivity index (χ2n) is 8.18. The van der Waals surface area contributed by atoms with Crippen LogP contribution in [0.1, 0.15) is 33.0 Å². The van der Waals surface area contributed by atoms with Gasteiger partial charge < -0.3 is 9.30 Å². The molecular formula is C26H26ClN3O3. The zero-order valence-electron chi connectivity index (χ0n) is 19.3. The summed E-state index contributed by atoms with van der Waals surface area (Å²) in [5.74, 6) is 0.298. The molecule has 0 aliphatic rings. The summed E-state index contributed by atoms with van der Waals surface area (Å²) < 4.78 is 11.0. The van der Waals surface area contributed by atoms with Crippen molar-refractivity contribution < 1.29 is 9.53 Å². The Balaban J connectivity index is 1.71. The molecule has 2 aromatic carbocycles. The van der Waals surface area contributed by atoms with Crippen LogP contribution in [0.2, 0.25) is 5.02 Å². The summed E-state index contributed by atoms with van der Waals surface area (Å²) in [4.78, 5) is 26.5. The van der Waals surface area contributed by atoms with Gasteiger partial charge in [0.25, 0.3) is 5.56 Å². The van der Waals surface area contributed by atoms with Gasteiger partial charge in [0.15, 0.2) is 6.61 Å². The third kappa shape index (κ3) is 4.02. The lowest BCUT2D eigenvalue weighted by atomic mass is 10.1. The fourth-order valence-electron chi connectivity index (χ4n) is 4.14. The van der Waals surface area contributed by atoms with Crippen LogP contribution >= 0.6 is 11.6 Å². The molecule has 0 saturated carbocycles. The van der Waals surface area contributed by atoms with E-state index in [0.29, 0.717) is 27.7 Å². The van der Waals surface area contributed by atoms with Gasteiger partial charge in [-0.2, -0.15) is 0 Å². The summed E-state index contributed by atoms with van der Waals surface area (Å²) in [6.07, 6.45) is 0. The Hall–Kier alpha value is -3.51. The van der Waals surface area contributed by atoms with E-state index in [2.05, 4.69) is 0 Å². The van der Waals surface area contributed by atoms with E-state index in [-0.39, 0.29) is 17.9 Å². The number of hydrogen-bond acceptors (Lipinski definition) is 3. The summed E-state index contributed by atoms with van der Waals surface area (Å²) in [7, 11) is 1.85. The summed E-state index contributed by atoms with van der Waals surface area (Å²) in [6, 6.07) is 16.7. The minimum absolute atomic E-state index is 0.143. The predicted octanol–water partition coefficient (Wildman–Crippen LogP) is 5.12. The van der Waals surface area contributed by atoms with Crippen molar-refractivity contribution in [2.24, 2.45) is 7.05 Å². The van der Waals surface area contributed by atoms with Crippen LogP contribution < -0.4 is 10.3 Å². The van der Waals surface area contributed by atoms with E-state index in [1.165, 1.54) is 0 Å². The number of para-hydroxylation sites is 1. The molecule has 2 heterocycles. The highest BCUT2D eigenvalue weighted by atomic mass is 35.5. The lowest BCUT2D eigenvalue weighted by molar-refractivity contribution is 0.0921. The molecular weight excluding hydrogens is 438 g/mol. The Morgan fingerprint density at radius 1 is 0.970 bits per heavy atom. The van der Waals surface area contributed by atoms with E-state index in [4.69, 9.17) is 16.3 Å². The minimum Gasteiger partial charge on any atom is -0.484 e. The molecule has 0 bridgehead atoms. The number of nitrogens with zero attached hydrogens (tertiary/aromatic N) is 3. The average molecular weight is 464 g/mol. The number of ketones is 1. The quantitative estimate of drug-likeness (QED) is 0.373. The first-order valence-corrected chi connectivity index (χ1v) is 11.0. The van der Waals surface area contributed by atoms with Gasteiger partial charge >= 0.3 is 0 Å². The van der Waals surface area contributed by atoms with Gasteiger partial charge in [-0.1, -0.05) is 35.9 Å². The fraction of sp³-hybridized carbons (Fsp3) is 0.231. The molecule has 0 unspecified atom stereocenters. The molecule has 0 spiro atoms. The Morgan fingerprint density at radius 3 is 2.36 bits per heavy atom. The lowest BCUT2D eigenvalue weighted by Gasteiger charge is -2.10. The zero-order valence-corrected chi connectivity index (χ0v) is 20.1. The van der Waals surface area contributed by atoms with Gasteiger partial charge in [0.05, 0.1) is 16.4 Å². The van der Waals surface area contributed by atoms with Crippen molar-refractivity contribution in [3.63, 3.8) is 0 Å². The highest BCUT2D eigenvalue weighted by Crippen LogP contribution is 2.26. The van der Waals surface area contributed by atoms with E-state index in [1.54, 1.807) is 22.9 Å². The molecule has 0 aliphatic carbocycles. The van der Waals surface area contributed by atoms with Gasteiger partial charge in [0.2, 0.25) is 5.78 Å². The van der Waals surface area contributed by atoms with Gasteiger partial charge in [0, 0.05) is 24.0 Å². The number of aryl methyl sites for hydroxylation is 2. The summed E-state index contributed by atoms with van der Waals surface area (Å²) >= 11 is 6.19. The Kier molecular flexibility index (Phi) is 6.04. The van der Waals surface area contributed by atoms with Crippen LogP contribution in [0.15, 0.2) is 59.4 Å². The first kappa shape index (κ1) is 22.7. The van der Waals surface area contributed by atoms with Gasteiger partial charge in [0.1, 0.15) is 11.4 Å². The van der Waals surface area contributed by atoms with Crippen LogP contribution in [0, 0.1) is 27.7 Å². The monoisotopic (exact) mass is 463 g/mol. The second kappa shape index (κ2) is 8.79. The zero-order chi connectivity index (χ0) is 23.9. The van der Waals surface area contributed by atoms with Crippen molar-refractivity contribution in [3.05, 3.63) is 98.2 Å². The van der Waals surface area contributed by atoms with Crippen molar-refractivity contribution in [1.29, 1.82) is 0 Å². The number of Topliss-reactive ketones (excluding diaryl/α,β-unsaturated/α-hetero) is 1. The molecule has 0 fully saturated rings. The molecule has 6 nitrogen and oxygen atoms in total. The van der Waals surface area contributed by atoms with E-state index in [0.717, 1.165) is 22.6 Å². The van der Waals surface area contributed by atoms with Crippen LogP contribution in [0.25, 0.3) is 11.4 Å². The SMILES string of the molecule is Cc1ccc(Cl)c(OCC(=O)c2cc(C)n(-c3c(C)n(C)n(-c4ccccc4)c3=O)c2C)c1. The van der Waals surface area contributed by atoms with Gasteiger partial charge in [-0.15, -0.1) is 0 Å². The Bertz CT molecular complexity index is 1410. The van der Waals surface area contributed by atoms with Crippen LogP contribution in [0.4, 0.5) is 0 Å². The summed E-state index contributed by atoms with van der Waals surface area (Å²) in [5.41, 5.74) is 4.97. The van der Waals surface area contributed by atoms with Crippen LogP contribution in [0.5, 0.6) is 5.75 Å².